The van der Waals surface area contributed by atoms with Crippen LogP contribution >= 0.6 is 11.8 Å². The van der Waals surface area contributed by atoms with Crippen molar-refractivity contribution < 1.29 is 13.6 Å². The minimum Gasteiger partial charge on any atom is -0.294 e. The smallest absolute Gasteiger partial charge is 0.196 e. The van der Waals surface area contributed by atoms with Gasteiger partial charge in [0.15, 0.2) is 16.8 Å². The molecule has 2 aromatic carbocycles. The summed E-state index contributed by atoms with van der Waals surface area (Å²) >= 11 is 1.40. The van der Waals surface area contributed by atoms with Crippen LogP contribution in [0.3, 0.4) is 0 Å². The van der Waals surface area contributed by atoms with Crippen LogP contribution in [0.25, 0.3) is 17.1 Å². The Balaban J connectivity index is 1.51. The van der Waals surface area contributed by atoms with E-state index >= 15 is 0 Å². The molecule has 2 aromatic heterocycles. The van der Waals surface area contributed by atoms with Crippen molar-refractivity contribution in [1.82, 2.24) is 19.7 Å². The highest BCUT2D eigenvalue weighted by Crippen LogP contribution is 2.29. The van der Waals surface area contributed by atoms with Gasteiger partial charge in [-0.25, -0.2) is 8.78 Å². The second-order valence-corrected chi connectivity index (χ2v) is 7.78. The molecule has 0 atom stereocenters. The number of carbonyl (C=O) groups excluding carboxylic acids is 1. The maximum atomic E-state index is 14.6. The van der Waals surface area contributed by atoms with Gasteiger partial charge >= 0.3 is 0 Å². The molecule has 31 heavy (non-hydrogen) atoms. The molecule has 2 heterocycles. The number of pyridine rings is 1. The first-order valence-electron chi connectivity index (χ1n) is 9.66. The number of hydrogen-bond acceptors (Lipinski definition) is 5. The second-order valence-electron chi connectivity index (χ2n) is 6.72. The van der Waals surface area contributed by atoms with Crippen LogP contribution in [0.4, 0.5) is 8.78 Å². The fraction of sp³-hybridized carbons (Fsp3) is 0.130. The van der Waals surface area contributed by atoms with Crippen LogP contribution in [-0.2, 0) is 0 Å². The summed E-state index contributed by atoms with van der Waals surface area (Å²) in [5.74, 6) is 0.270. The van der Waals surface area contributed by atoms with E-state index in [-0.39, 0.29) is 17.4 Å². The first-order valence-corrected chi connectivity index (χ1v) is 10.6. The predicted octanol–water partition coefficient (Wildman–Crippen LogP) is 5.36. The van der Waals surface area contributed by atoms with E-state index in [0.29, 0.717) is 40.8 Å². The van der Waals surface area contributed by atoms with E-state index in [0.717, 1.165) is 5.56 Å². The Morgan fingerprint density at radius 2 is 1.77 bits per heavy atom. The van der Waals surface area contributed by atoms with Gasteiger partial charge in [0.25, 0.3) is 0 Å². The molecule has 0 amide bonds. The summed E-state index contributed by atoms with van der Waals surface area (Å²) in [6.07, 6.45) is 4.22. The number of rotatable bonds is 8. The molecule has 156 valence electrons. The van der Waals surface area contributed by atoms with Crippen molar-refractivity contribution in [1.29, 1.82) is 0 Å². The third-order valence-corrected chi connectivity index (χ3v) is 5.61. The zero-order valence-corrected chi connectivity index (χ0v) is 17.2. The number of carbonyl (C=O) groups is 1. The summed E-state index contributed by atoms with van der Waals surface area (Å²) in [5, 5.41) is 9.03. The Hall–Kier alpha value is -3.39. The Kier molecular flexibility index (Phi) is 6.47. The largest absolute Gasteiger partial charge is 0.294 e. The third kappa shape index (κ3) is 4.86. The van der Waals surface area contributed by atoms with Crippen molar-refractivity contribution >= 4 is 17.5 Å². The van der Waals surface area contributed by atoms with E-state index in [1.54, 1.807) is 41.2 Å². The number of hydrogen-bond donors (Lipinski definition) is 0. The Morgan fingerprint density at radius 1 is 0.968 bits per heavy atom. The zero-order valence-electron chi connectivity index (χ0n) is 16.4. The molecule has 0 fully saturated rings. The van der Waals surface area contributed by atoms with Crippen molar-refractivity contribution in [3.63, 3.8) is 0 Å². The molecule has 5 nitrogen and oxygen atoms in total. The summed E-state index contributed by atoms with van der Waals surface area (Å²) in [6.45, 7) is 0. The van der Waals surface area contributed by atoms with Gasteiger partial charge in [-0.3, -0.25) is 14.3 Å². The fourth-order valence-electron chi connectivity index (χ4n) is 3.07. The Labute approximate surface area is 182 Å². The Bertz CT molecular complexity index is 1180. The van der Waals surface area contributed by atoms with Crippen LogP contribution in [0.2, 0.25) is 0 Å². The maximum Gasteiger partial charge on any atom is 0.196 e. The molecule has 0 N–H and O–H groups in total. The number of benzene rings is 2. The number of nitrogens with zero attached hydrogens (tertiary/aromatic N) is 4. The van der Waals surface area contributed by atoms with Gasteiger partial charge in [0.05, 0.1) is 5.69 Å². The molecule has 0 aliphatic rings. The lowest BCUT2D eigenvalue weighted by molar-refractivity contribution is 0.0982. The average Bonchev–Trinajstić information content (AvgIpc) is 3.21. The summed E-state index contributed by atoms with van der Waals surface area (Å²) in [5.41, 5.74) is 1.55. The van der Waals surface area contributed by atoms with Gasteiger partial charge in [-0.05, 0) is 55.0 Å². The number of para-hydroxylation sites is 1. The minimum absolute atomic E-state index is 0.0489. The highest BCUT2D eigenvalue weighted by molar-refractivity contribution is 7.99. The summed E-state index contributed by atoms with van der Waals surface area (Å²) in [4.78, 5) is 16.4. The van der Waals surface area contributed by atoms with E-state index in [4.69, 9.17) is 0 Å². The maximum absolute atomic E-state index is 14.6. The van der Waals surface area contributed by atoms with Gasteiger partial charge < -0.3 is 0 Å². The summed E-state index contributed by atoms with van der Waals surface area (Å²) < 4.78 is 29.2. The van der Waals surface area contributed by atoms with Crippen molar-refractivity contribution in [3.05, 3.63) is 90.3 Å². The fourth-order valence-corrected chi connectivity index (χ4v) is 3.96. The van der Waals surface area contributed by atoms with E-state index in [1.165, 1.54) is 42.1 Å². The van der Waals surface area contributed by atoms with Crippen molar-refractivity contribution in [2.45, 2.75) is 18.0 Å². The molecule has 0 saturated heterocycles. The predicted molar refractivity (Wildman–Crippen MR) is 115 cm³/mol. The lowest BCUT2D eigenvalue weighted by Gasteiger charge is -2.11. The van der Waals surface area contributed by atoms with Gasteiger partial charge in [0.1, 0.15) is 11.6 Å². The standard InChI is InChI=1S/C23H18F2N4OS/c24-18-11-9-16(10-12-18)21(30)8-4-14-31-23-28-27-22(17-5-3-13-26-15-17)29(23)20-7-2-1-6-19(20)25/h1-3,5-7,9-13,15H,4,8,14H2. The van der Waals surface area contributed by atoms with E-state index in [1.807, 2.05) is 6.07 Å². The number of Topliss-reactive ketones (excluding diaryl/α,β-unsaturated/α-hetero) is 1. The van der Waals surface area contributed by atoms with Crippen LogP contribution in [0.5, 0.6) is 0 Å². The highest BCUT2D eigenvalue weighted by Gasteiger charge is 2.18. The number of thioether (sulfide) groups is 1. The normalized spacial score (nSPS) is 10.9. The van der Waals surface area contributed by atoms with Crippen LogP contribution < -0.4 is 0 Å². The molecule has 4 rings (SSSR count). The van der Waals surface area contributed by atoms with Crippen LogP contribution in [-0.4, -0.2) is 31.3 Å². The molecule has 0 aliphatic carbocycles. The van der Waals surface area contributed by atoms with E-state index in [9.17, 15) is 13.6 Å². The molecule has 4 aromatic rings. The van der Waals surface area contributed by atoms with Gasteiger partial charge in [0, 0.05) is 35.7 Å². The minimum atomic E-state index is -0.388. The first kappa shape index (κ1) is 20.9. The van der Waals surface area contributed by atoms with Crippen molar-refractivity contribution in [3.8, 4) is 17.1 Å². The van der Waals surface area contributed by atoms with Gasteiger partial charge in [-0.15, -0.1) is 10.2 Å². The van der Waals surface area contributed by atoms with Gasteiger partial charge in [0.2, 0.25) is 0 Å². The molecular weight excluding hydrogens is 418 g/mol. The van der Waals surface area contributed by atoms with Gasteiger partial charge in [-0.2, -0.15) is 0 Å². The van der Waals surface area contributed by atoms with Crippen LogP contribution in [0, 0.1) is 11.6 Å². The molecule has 0 aliphatic heterocycles. The van der Waals surface area contributed by atoms with E-state index in [2.05, 4.69) is 15.2 Å². The number of halogens is 2. The quantitative estimate of drug-likeness (QED) is 0.211. The molecular formula is C23H18F2N4OS. The number of ketones is 1. The highest BCUT2D eigenvalue weighted by atomic mass is 32.2. The Morgan fingerprint density at radius 3 is 2.52 bits per heavy atom. The van der Waals surface area contributed by atoms with Crippen LogP contribution in [0.1, 0.15) is 23.2 Å². The monoisotopic (exact) mass is 436 g/mol. The summed E-state index contributed by atoms with van der Waals surface area (Å²) in [6, 6.07) is 15.6. The van der Waals surface area contributed by atoms with Crippen LogP contribution in [0.15, 0.2) is 78.2 Å². The number of aromatic nitrogens is 4. The lowest BCUT2D eigenvalue weighted by atomic mass is 10.1. The lowest BCUT2D eigenvalue weighted by Crippen LogP contribution is -2.03. The SMILES string of the molecule is O=C(CCCSc1nnc(-c2cccnc2)n1-c1ccccc1F)c1ccc(F)cc1. The van der Waals surface area contributed by atoms with Crippen molar-refractivity contribution in [2.75, 3.05) is 5.75 Å². The average molecular weight is 436 g/mol. The molecule has 0 unspecified atom stereocenters. The first-order chi connectivity index (χ1) is 15.1. The van der Waals surface area contributed by atoms with E-state index < -0.39 is 0 Å². The third-order valence-electron chi connectivity index (χ3n) is 4.59. The van der Waals surface area contributed by atoms with Gasteiger partial charge in [-0.1, -0.05) is 23.9 Å². The molecule has 0 radical (unpaired) electrons. The van der Waals surface area contributed by atoms with Crippen molar-refractivity contribution in [2.24, 2.45) is 0 Å². The molecule has 0 bridgehead atoms. The topological polar surface area (TPSA) is 60.7 Å². The second kappa shape index (κ2) is 9.61. The molecule has 0 spiro atoms. The zero-order chi connectivity index (χ0) is 21.6. The molecule has 8 heteroatoms. The summed E-state index contributed by atoms with van der Waals surface area (Å²) in [7, 11) is 0. The molecule has 0 saturated carbocycles.